The maximum Gasteiger partial charge on any atom is 0.253 e. The second kappa shape index (κ2) is 7.91. The van der Waals surface area contributed by atoms with Crippen LogP contribution in [0.2, 0.25) is 0 Å². The minimum absolute atomic E-state index is 0.00816. The first-order chi connectivity index (χ1) is 14.2. The lowest BCUT2D eigenvalue weighted by Gasteiger charge is -2.31. The van der Waals surface area contributed by atoms with Gasteiger partial charge in [0.2, 0.25) is 0 Å². The molecule has 0 radical (unpaired) electrons. The van der Waals surface area contributed by atoms with E-state index >= 15 is 0 Å². The van der Waals surface area contributed by atoms with Crippen molar-refractivity contribution in [2.45, 2.75) is 45.3 Å². The van der Waals surface area contributed by atoms with Gasteiger partial charge in [-0.05, 0) is 62.9 Å². The first kappa shape index (κ1) is 18.2. The SMILES string of the molecule is O=c1cc(-c2cccnc2)ncn1CC1CCN(Cc2cc3n(n2)CCC3)CC1. The standard InChI is InChI=1S/C22H26N6O/c29-22-12-21(18-3-1-7-23-13-18)24-16-27(22)14-17-5-9-26(10-6-17)15-19-11-20-4-2-8-28(20)25-19/h1,3,7,11-13,16-17H,2,4-6,8-10,14-15H2. The fourth-order valence-corrected chi connectivity index (χ4v) is 4.47. The summed E-state index contributed by atoms with van der Waals surface area (Å²) in [6.45, 7) is 4.87. The highest BCUT2D eigenvalue weighted by Gasteiger charge is 2.22. The van der Waals surface area contributed by atoms with E-state index in [1.54, 1.807) is 29.4 Å². The molecule has 150 valence electrons. The van der Waals surface area contributed by atoms with Crippen molar-refractivity contribution in [3.63, 3.8) is 0 Å². The Bertz CT molecular complexity index is 1010. The van der Waals surface area contributed by atoms with E-state index in [1.807, 2.05) is 12.1 Å². The number of hydrogen-bond acceptors (Lipinski definition) is 5. The number of aryl methyl sites for hydroxylation is 2. The Kier molecular flexibility index (Phi) is 4.97. The number of rotatable bonds is 5. The molecule has 0 spiro atoms. The van der Waals surface area contributed by atoms with Crippen molar-refractivity contribution in [1.82, 2.24) is 29.2 Å². The third-order valence-electron chi connectivity index (χ3n) is 6.10. The van der Waals surface area contributed by atoms with Gasteiger partial charge in [-0.25, -0.2) is 4.98 Å². The molecule has 1 saturated heterocycles. The third-order valence-corrected chi connectivity index (χ3v) is 6.10. The van der Waals surface area contributed by atoms with Crippen LogP contribution in [-0.2, 0) is 26.1 Å². The van der Waals surface area contributed by atoms with Crippen LogP contribution in [-0.4, -0.2) is 42.3 Å². The zero-order valence-electron chi connectivity index (χ0n) is 16.6. The molecule has 7 heteroatoms. The second-order valence-corrected chi connectivity index (χ2v) is 8.18. The van der Waals surface area contributed by atoms with E-state index in [-0.39, 0.29) is 5.56 Å². The van der Waals surface area contributed by atoms with Gasteiger partial charge in [0.15, 0.2) is 0 Å². The topological polar surface area (TPSA) is 68.8 Å². The Morgan fingerprint density at radius 2 is 2.03 bits per heavy atom. The van der Waals surface area contributed by atoms with Gasteiger partial charge in [0, 0.05) is 49.4 Å². The van der Waals surface area contributed by atoms with Crippen molar-refractivity contribution in [3.05, 3.63) is 64.7 Å². The summed E-state index contributed by atoms with van der Waals surface area (Å²) in [5, 5.41) is 4.73. The molecule has 0 bridgehead atoms. The molecule has 0 amide bonds. The molecule has 0 N–H and O–H groups in total. The zero-order chi connectivity index (χ0) is 19.6. The number of piperidine rings is 1. The summed E-state index contributed by atoms with van der Waals surface area (Å²) in [5.74, 6) is 0.516. The average molecular weight is 390 g/mol. The summed E-state index contributed by atoms with van der Waals surface area (Å²) in [6.07, 6.45) is 9.73. The normalized spacial score (nSPS) is 17.5. The van der Waals surface area contributed by atoms with Gasteiger partial charge in [-0.2, -0.15) is 5.10 Å². The molecular weight excluding hydrogens is 364 g/mol. The molecular formula is C22H26N6O. The first-order valence-corrected chi connectivity index (χ1v) is 10.5. The number of fused-ring (bicyclic) bond motifs is 1. The van der Waals surface area contributed by atoms with Gasteiger partial charge >= 0.3 is 0 Å². The molecule has 1 fully saturated rings. The van der Waals surface area contributed by atoms with Crippen molar-refractivity contribution in [1.29, 1.82) is 0 Å². The van der Waals surface area contributed by atoms with Crippen molar-refractivity contribution >= 4 is 0 Å². The van der Waals surface area contributed by atoms with Gasteiger partial charge in [0.1, 0.15) is 0 Å². The van der Waals surface area contributed by atoms with E-state index in [2.05, 4.69) is 25.6 Å². The molecule has 5 rings (SSSR count). The van der Waals surface area contributed by atoms with Crippen LogP contribution in [0.5, 0.6) is 0 Å². The van der Waals surface area contributed by atoms with Crippen molar-refractivity contribution in [2.75, 3.05) is 13.1 Å². The fraction of sp³-hybridized carbons (Fsp3) is 0.455. The summed E-state index contributed by atoms with van der Waals surface area (Å²) < 4.78 is 3.91. The lowest BCUT2D eigenvalue weighted by molar-refractivity contribution is 0.164. The zero-order valence-corrected chi connectivity index (χ0v) is 16.6. The molecule has 2 aliphatic heterocycles. The summed E-state index contributed by atoms with van der Waals surface area (Å²) in [4.78, 5) is 23.6. The maximum atomic E-state index is 12.5. The number of nitrogens with zero attached hydrogens (tertiary/aromatic N) is 6. The monoisotopic (exact) mass is 390 g/mol. The highest BCUT2D eigenvalue weighted by atomic mass is 16.1. The van der Waals surface area contributed by atoms with Crippen LogP contribution >= 0.6 is 0 Å². The molecule has 2 aliphatic rings. The predicted molar refractivity (Wildman–Crippen MR) is 110 cm³/mol. The molecule has 5 heterocycles. The largest absolute Gasteiger partial charge is 0.299 e. The van der Waals surface area contributed by atoms with Gasteiger partial charge < -0.3 is 0 Å². The molecule has 3 aromatic rings. The molecule has 0 saturated carbocycles. The summed E-state index contributed by atoms with van der Waals surface area (Å²) in [7, 11) is 0. The van der Waals surface area contributed by atoms with E-state index in [0.717, 1.165) is 57.5 Å². The average Bonchev–Trinajstić information content (AvgIpc) is 3.33. The van der Waals surface area contributed by atoms with Crippen LogP contribution in [0.15, 0.2) is 47.8 Å². The van der Waals surface area contributed by atoms with Crippen LogP contribution in [0.25, 0.3) is 11.3 Å². The fourth-order valence-electron chi connectivity index (χ4n) is 4.47. The van der Waals surface area contributed by atoms with Crippen molar-refractivity contribution in [3.8, 4) is 11.3 Å². The van der Waals surface area contributed by atoms with Crippen LogP contribution in [0, 0.1) is 5.92 Å². The lowest BCUT2D eigenvalue weighted by atomic mass is 9.96. The minimum atomic E-state index is 0.00816. The molecule has 3 aromatic heterocycles. The highest BCUT2D eigenvalue weighted by Crippen LogP contribution is 2.22. The number of likely N-dealkylation sites (tertiary alicyclic amines) is 1. The summed E-state index contributed by atoms with van der Waals surface area (Å²) >= 11 is 0. The Hall–Kier alpha value is -2.80. The number of aromatic nitrogens is 5. The molecule has 29 heavy (non-hydrogen) atoms. The van der Waals surface area contributed by atoms with Crippen LogP contribution < -0.4 is 5.56 Å². The first-order valence-electron chi connectivity index (χ1n) is 10.5. The van der Waals surface area contributed by atoms with E-state index in [4.69, 9.17) is 5.10 Å². The summed E-state index contributed by atoms with van der Waals surface area (Å²) in [6, 6.07) is 7.66. The van der Waals surface area contributed by atoms with Gasteiger partial charge in [-0.3, -0.25) is 23.9 Å². The second-order valence-electron chi connectivity index (χ2n) is 8.18. The Morgan fingerprint density at radius 1 is 1.14 bits per heavy atom. The summed E-state index contributed by atoms with van der Waals surface area (Å²) in [5.41, 5.74) is 4.14. The lowest BCUT2D eigenvalue weighted by Crippen LogP contribution is -2.36. The van der Waals surface area contributed by atoms with Gasteiger partial charge in [-0.15, -0.1) is 0 Å². The molecule has 0 aromatic carbocycles. The van der Waals surface area contributed by atoms with Crippen LogP contribution in [0.1, 0.15) is 30.7 Å². The van der Waals surface area contributed by atoms with Gasteiger partial charge in [0.25, 0.3) is 5.56 Å². The van der Waals surface area contributed by atoms with Gasteiger partial charge in [0.05, 0.1) is 17.7 Å². The number of pyridine rings is 1. The van der Waals surface area contributed by atoms with E-state index < -0.39 is 0 Å². The highest BCUT2D eigenvalue weighted by molar-refractivity contribution is 5.56. The van der Waals surface area contributed by atoms with Gasteiger partial charge in [-0.1, -0.05) is 0 Å². The quantitative estimate of drug-likeness (QED) is 0.669. The Labute approximate surface area is 170 Å². The number of hydrogen-bond donors (Lipinski definition) is 0. The predicted octanol–water partition coefficient (Wildman–Crippen LogP) is 2.36. The van der Waals surface area contributed by atoms with Crippen LogP contribution in [0.3, 0.4) is 0 Å². The molecule has 0 atom stereocenters. The Morgan fingerprint density at radius 3 is 2.79 bits per heavy atom. The molecule has 0 aliphatic carbocycles. The van der Waals surface area contributed by atoms with E-state index in [1.165, 1.54) is 17.8 Å². The van der Waals surface area contributed by atoms with Crippen molar-refractivity contribution < 1.29 is 0 Å². The van der Waals surface area contributed by atoms with E-state index in [9.17, 15) is 4.79 Å². The third kappa shape index (κ3) is 4.00. The smallest absolute Gasteiger partial charge is 0.253 e. The molecule has 7 nitrogen and oxygen atoms in total. The Balaban J connectivity index is 1.17. The maximum absolute atomic E-state index is 12.5. The molecule has 0 unspecified atom stereocenters. The minimum Gasteiger partial charge on any atom is -0.299 e. The van der Waals surface area contributed by atoms with E-state index in [0.29, 0.717) is 11.6 Å². The van der Waals surface area contributed by atoms with Crippen molar-refractivity contribution in [2.24, 2.45) is 5.92 Å². The van der Waals surface area contributed by atoms with Crippen LogP contribution in [0.4, 0.5) is 0 Å².